The first-order valence-corrected chi connectivity index (χ1v) is 18.8. The highest BCUT2D eigenvalue weighted by Gasteiger charge is 2.25. The number of benzene rings is 6. The van der Waals surface area contributed by atoms with Crippen LogP contribution in [0.2, 0.25) is 0 Å². The summed E-state index contributed by atoms with van der Waals surface area (Å²) in [6.45, 7) is 6.08. The number of rotatable bonds is 8. The van der Waals surface area contributed by atoms with E-state index in [9.17, 15) is 0 Å². The van der Waals surface area contributed by atoms with Gasteiger partial charge in [0.05, 0.1) is 27.9 Å². The first kappa shape index (κ1) is 33.0. The Morgan fingerprint density at radius 1 is 0.571 bits per heavy atom. The molecule has 0 spiro atoms. The Morgan fingerprint density at radius 2 is 1.23 bits per heavy atom. The lowest BCUT2D eigenvalue weighted by Crippen LogP contribution is -1.98. The van der Waals surface area contributed by atoms with Gasteiger partial charge in [-0.2, -0.15) is 0 Å². The molecule has 10 aromatic rings. The quantitative estimate of drug-likeness (QED) is 0.147. The van der Waals surface area contributed by atoms with Gasteiger partial charge in [0.1, 0.15) is 5.52 Å². The molecule has 4 heterocycles. The van der Waals surface area contributed by atoms with Gasteiger partial charge in [-0.15, -0.1) is 0 Å². The fourth-order valence-corrected chi connectivity index (χ4v) is 7.78. The number of hydrogen-bond donors (Lipinski definition) is 0. The van der Waals surface area contributed by atoms with Gasteiger partial charge >= 0.3 is 0 Å². The number of fused-ring (bicyclic) bond motifs is 7. The predicted octanol–water partition coefficient (Wildman–Crippen LogP) is 12.3. The van der Waals surface area contributed by atoms with Gasteiger partial charge in [0.25, 0.3) is 0 Å². The maximum Gasteiger partial charge on any atom is 0.221 e. The molecule has 0 saturated carbocycles. The normalized spacial score (nSPS) is 12.1. The first-order valence-electron chi connectivity index (χ1n) is 18.8. The van der Waals surface area contributed by atoms with Crippen molar-refractivity contribution in [2.75, 3.05) is 0 Å². The topological polar surface area (TPSA) is 52.9 Å². The fraction of sp³-hybridized carbons (Fsp3) is 0.0200. The maximum absolute atomic E-state index is 5.39. The molecule has 0 aliphatic rings. The van der Waals surface area contributed by atoms with Crippen molar-refractivity contribution in [2.45, 2.75) is 6.92 Å². The lowest BCUT2D eigenvalue weighted by atomic mass is 10.0. The number of aromatic nitrogens is 6. The summed E-state index contributed by atoms with van der Waals surface area (Å²) in [5.41, 5.74) is 14.1. The number of imidazole rings is 2. The Morgan fingerprint density at radius 3 is 1.98 bits per heavy atom. The van der Waals surface area contributed by atoms with Gasteiger partial charge in [-0.3, -0.25) is 13.5 Å². The molecule has 0 aliphatic heterocycles. The number of allylic oxidation sites excluding steroid dienone is 5. The largest absolute Gasteiger partial charge is 0.294 e. The summed E-state index contributed by atoms with van der Waals surface area (Å²) in [5, 5.41) is 1.17. The molecule has 6 nitrogen and oxygen atoms in total. The SMILES string of the molecule is C=C/C(=C\C=C/C)c1cc(-c2ccccc2)nc(-c2cccc(-c3ccc4c(c3)nc3n(-c5ccccc5)c5c6ccccc6n(-c6ccccc6)c5n43)c2)n1. The molecule has 0 aliphatic carbocycles. The van der Waals surface area contributed by atoms with E-state index in [0.717, 1.165) is 84.1 Å². The monoisotopic (exact) mass is 720 g/mol. The van der Waals surface area contributed by atoms with Crippen LogP contribution in [-0.4, -0.2) is 28.5 Å². The lowest BCUT2D eigenvalue weighted by Gasteiger charge is -2.11. The molecule has 0 N–H and O–H groups in total. The summed E-state index contributed by atoms with van der Waals surface area (Å²) < 4.78 is 6.97. The van der Waals surface area contributed by atoms with Crippen LogP contribution in [0.4, 0.5) is 0 Å². The third kappa shape index (κ3) is 5.46. The molecular formula is C50H36N6. The van der Waals surface area contributed by atoms with E-state index < -0.39 is 0 Å². The number of hydrogen-bond acceptors (Lipinski definition) is 3. The molecule has 0 unspecified atom stereocenters. The molecule has 0 amide bonds. The van der Waals surface area contributed by atoms with Crippen LogP contribution in [0.1, 0.15) is 12.6 Å². The molecule has 10 rings (SSSR count). The smallest absolute Gasteiger partial charge is 0.221 e. The minimum atomic E-state index is 0.651. The Labute approximate surface area is 324 Å². The van der Waals surface area contributed by atoms with Crippen molar-refractivity contribution in [1.82, 2.24) is 28.5 Å². The van der Waals surface area contributed by atoms with Crippen molar-refractivity contribution in [2.24, 2.45) is 0 Å². The number of nitrogens with zero attached hydrogens (tertiary/aromatic N) is 6. The van der Waals surface area contributed by atoms with Crippen molar-refractivity contribution in [3.8, 4) is 45.1 Å². The summed E-state index contributed by atoms with van der Waals surface area (Å²) in [6.07, 6.45) is 7.88. The average molecular weight is 721 g/mol. The molecule has 4 aromatic heterocycles. The molecular weight excluding hydrogens is 685 g/mol. The van der Waals surface area contributed by atoms with E-state index in [2.05, 4.69) is 160 Å². The predicted molar refractivity (Wildman–Crippen MR) is 231 cm³/mol. The van der Waals surface area contributed by atoms with E-state index in [1.807, 2.05) is 55.5 Å². The summed E-state index contributed by atoms with van der Waals surface area (Å²) in [4.78, 5) is 15.5. The van der Waals surface area contributed by atoms with Crippen LogP contribution in [-0.2, 0) is 0 Å². The van der Waals surface area contributed by atoms with Crippen LogP contribution >= 0.6 is 0 Å². The van der Waals surface area contributed by atoms with Crippen LogP contribution in [0.15, 0.2) is 195 Å². The van der Waals surface area contributed by atoms with Crippen LogP contribution in [0.3, 0.4) is 0 Å². The summed E-state index contributed by atoms with van der Waals surface area (Å²) in [6, 6.07) is 57.1. The summed E-state index contributed by atoms with van der Waals surface area (Å²) in [5.74, 6) is 1.51. The third-order valence-electron chi connectivity index (χ3n) is 10.4. The highest BCUT2D eigenvalue weighted by molar-refractivity contribution is 6.10. The van der Waals surface area contributed by atoms with E-state index >= 15 is 0 Å². The molecule has 6 aromatic carbocycles. The molecule has 56 heavy (non-hydrogen) atoms. The van der Waals surface area contributed by atoms with Crippen molar-refractivity contribution < 1.29 is 0 Å². The minimum absolute atomic E-state index is 0.651. The van der Waals surface area contributed by atoms with Crippen molar-refractivity contribution in [1.29, 1.82) is 0 Å². The summed E-state index contributed by atoms with van der Waals surface area (Å²) in [7, 11) is 0. The van der Waals surface area contributed by atoms with Crippen molar-refractivity contribution in [3.63, 3.8) is 0 Å². The Balaban J connectivity index is 1.16. The first-order chi connectivity index (χ1) is 27.7. The standard InChI is InChI=1S/C50H36N6/c1-3-5-18-34(4-2)42-33-43(35-19-9-6-10-20-35)52-48(51-42)38-22-17-21-36(31-38)37-29-30-46-44(32-37)53-50-55(40-25-13-8-14-26-40)47-41-27-15-16-28-45(41)54(49(47)56(46)50)39-23-11-7-12-24-39/h3-33H,2H2,1H3/b5-3-,34-18+. The van der Waals surface area contributed by atoms with Gasteiger partial charge in [-0.05, 0) is 78.2 Å². The van der Waals surface area contributed by atoms with Gasteiger partial charge in [-0.1, -0.05) is 140 Å². The maximum atomic E-state index is 5.39. The average Bonchev–Trinajstić information content (AvgIpc) is 3.90. The highest BCUT2D eigenvalue weighted by Crippen LogP contribution is 2.39. The second-order valence-electron chi connectivity index (χ2n) is 13.7. The molecule has 0 saturated heterocycles. The zero-order chi connectivity index (χ0) is 37.6. The van der Waals surface area contributed by atoms with Crippen LogP contribution in [0, 0.1) is 0 Å². The van der Waals surface area contributed by atoms with Gasteiger partial charge in [0.2, 0.25) is 5.78 Å². The fourth-order valence-electron chi connectivity index (χ4n) is 7.78. The second kappa shape index (κ2) is 13.7. The molecule has 0 atom stereocenters. The van der Waals surface area contributed by atoms with E-state index in [4.69, 9.17) is 15.0 Å². The molecule has 266 valence electrons. The van der Waals surface area contributed by atoms with Crippen LogP contribution < -0.4 is 0 Å². The molecule has 6 heteroatoms. The lowest BCUT2D eigenvalue weighted by molar-refractivity contribution is 1.09. The zero-order valence-corrected chi connectivity index (χ0v) is 30.8. The van der Waals surface area contributed by atoms with Crippen LogP contribution in [0.25, 0.3) is 89.6 Å². The second-order valence-corrected chi connectivity index (χ2v) is 13.7. The Bertz CT molecular complexity index is 3140. The van der Waals surface area contributed by atoms with Gasteiger partial charge < -0.3 is 0 Å². The number of para-hydroxylation sites is 3. The Hall–Kier alpha value is -7.57. The van der Waals surface area contributed by atoms with Crippen molar-refractivity contribution in [3.05, 3.63) is 200 Å². The summed E-state index contributed by atoms with van der Waals surface area (Å²) >= 11 is 0. The van der Waals surface area contributed by atoms with Gasteiger partial charge in [-0.25, -0.2) is 15.0 Å². The van der Waals surface area contributed by atoms with E-state index in [1.54, 1.807) is 0 Å². The molecule has 0 radical (unpaired) electrons. The van der Waals surface area contributed by atoms with Crippen molar-refractivity contribution >= 4 is 44.5 Å². The zero-order valence-electron chi connectivity index (χ0n) is 30.8. The van der Waals surface area contributed by atoms with Gasteiger partial charge in [0, 0.05) is 27.9 Å². The van der Waals surface area contributed by atoms with E-state index in [0.29, 0.717) is 5.82 Å². The van der Waals surface area contributed by atoms with E-state index in [-0.39, 0.29) is 0 Å². The molecule has 0 fully saturated rings. The molecule has 0 bridgehead atoms. The highest BCUT2D eigenvalue weighted by atomic mass is 15.3. The minimum Gasteiger partial charge on any atom is -0.294 e. The third-order valence-corrected chi connectivity index (χ3v) is 10.4. The van der Waals surface area contributed by atoms with Crippen LogP contribution in [0.5, 0.6) is 0 Å². The van der Waals surface area contributed by atoms with E-state index in [1.165, 1.54) is 5.39 Å². The van der Waals surface area contributed by atoms with Gasteiger partial charge in [0.15, 0.2) is 11.5 Å². The Kier molecular flexibility index (Phi) is 8.07.